The average molecular weight is 306 g/mol. The van der Waals surface area contributed by atoms with Crippen molar-refractivity contribution in [1.29, 1.82) is 0 Å². The lowest BCUT2D eigenvalue weighted by molar-refractivity contribution is -0.124. The predicted octanol–water partition coefficient (Wildman–Crippen LogP) is 1.55. The molecule has 0 unspecified atom stereocenters. The molecule has 0 saturated carbocycles. The number of carbonyl (C=O) groups is 2. The van der Waals surface area contributed by atoms with Crippen molar-refractivity contribution in [2.24, 2.45) is 0 Å². The van der Waals surface area contributed by atoms with Gasteiger partial charge in [0, 0.05) is 20.1 Å². The van der Waals surface area contributed by atoms with Gasteiger partial charge in [-0.15, -0.1) is 0 Å². The first-order chi connectivity index (χ1) is 10.7. The fraction of sp³-hybridized carbons (Fsp3) is 0.500. The number of likely N-dealkylation sites (tertiary alicyclic amines) is 1. The molecule has 0 spiro atoms. The molecule has 1 aromatic carbocycles. The van der Waals surface area contributed by atoms with E-state index >= 15 is 0 Å². The molecule has 2 rings (SSSR count). The monoisotopic (exact) mass is 306 g/mol. The first-order valence-electron chi connectivity index (χ1n) is 7.46. The molecule has 0 aliphatic carbocycles. The number of hydrogen-bond acceptors (Lipinski definition) is 4. The molecule has 2 amide bonds. The summed E-state index contributed by atoms with van der Waals surface area (Å²) < 4.78 is 10.9. The van der Waals surface area contributed by atoms with E-state index in [1.807, 2.05) is 37.3 Å². The summed E-state index contributed by atoms with van der Waals surface area (Å²) >= 11 is 0. The highest BCUT2D eigenvalue weighted by atomic mass is 16.6. The second-order valence-electron chi connectivity index (χ2n) is 5.14. The molecule has 0 bridgehead atoms. The summed E-state index contributed by atoms with van der Waals surface area (Å²) in [5.41, 5.74) is 0.910. The summed E-state index contributed by atoms with van der Waals surface area (Å²) in [7, 11) is 1.56. The van der Waals surface area contributed by atoms with E-state index in [9.17, 15) is 9.59 Å². The molecule has 0 aromatic heterocycles. The molecular formula is C16H22N2O4. The van der Waals surface area contributed by atoms with Gasteiger partial charge in [0.15, 0.2) is 0 Å². The van der Waals surface area contributed by atoms with Crippen molar-refractivity contribution in [3.05, 3.63) is 35.9 Å². The van der Waals surface area contributed by atoms with Crippen molar-refractivity contribution in [3.8, 4) is 0 Å². The third-order valence-electron chi connectivity index (χ3n) is 3.65. The van der Waals surface area contributed by atoms with E-state index in [-0.39, 0.29) is 18.6 Å². The molecule has 1 saturated heterocycles. The SMILES string of the molecule is CCO[C@@H]1C[C@@H](C(=O)NC)N(C(=O)OCc2ccccc2)C1. The van der Waals surface area contributed by atoms with Gasteiger partial charge in [-0.25, -0.2) is 4.79 Å². The van der Waals surface area contributed by atoms with Gasteiger partial charge in [-0.05, 0) is 12.5 Å². The van der Waals surface area contributed by atoms with E-state index < -0.39 is 12.1 Å². The minimum Gasteiger partial charge on any atom is -0.445 e. The fourth-order valence-corrected chi connectivity index (χ4v) is 2.57. The van der Waals surface area contributed by atoms with Crippen LogP contribution in [0.15, 0.2) is 30.3 Å². The van der Waals surface area contributed by atoms with E-state index in [1.54, 1.807) is 7.05 Å². The Morgan fingerprint density at radius 2 is 2.05 bits per heavy atom. The largest absolute Gasteiger partial charge is 0.445 e. The zero-order valence-electron chi connectivity index (χ0n) is 13.0. The maximum Gasteiger partial charge on any atom is 0.410 e. The molecule has 1 aliphatic rings. The Bertz CT molecular complexity index is 506. The van der Waals surface area contributed by atoms with Gasteiger partial charge < -0.3 is 14.8 Å². The number of hydrogen-bond donors (Lipinski definition) is 1. The molecular weight excluding hydrogens is 284 g/mol. The minimum atomic E-state index is -0.537. The van der Waals surface area contributed by atoms with Crippen molar-refractivity contribution in [2.45, 2.75) is 32.1 Å². The molecule has 22 heavy (non-hydrogen) atoms. The first kappa shape index (κ1) is 16.3. The second-order valence-corrected chi connectivity index (χ2v) is 5.14. The zero-order valence-corrected chi connectivity index (χ0v) is 13.0. The highest BCUT2D eigenvalue weighted by molar-refractivity contribution is 5.86. The molecule has 1 fully saturated rings. The van der Waals surface area contributed by atoms with Crippen LogP contribution < -0.4 is 5.32 Å². The summed E-state index contributed by atoms with van der Waals surface area (Å²) in [4.78, 5) is 25.7. The summed E-state index contributed by atoms with van der Waals surface area (Å²) in [6.07, 6.45) is -0.121. The summed E-state index contributed by atoms with van der Waals surface area (Å²) in [6.45, 7) is 3.01. The molecule has 0 radical (unpaired) electrons. The molecule has 120 valence electrons. The Labute approximate surface area is 130 Å². The minimum absolute atomic E-state index is 0.128. The zero-order chi connectivity index (χ0) is 15.9. The molecule has 1 N–H and O–H groups in total. The number of nitrogens with one attached hydrogen (secondary N) is 1. The molecule has 1 aromatic rings. The summed E-state index contributed by atoms with van der Waals surface area (Å²) in [6, 6.07) is 8.91. The molecule has 6 heteroatoms. The fourth-order valence-electron chi connectivity index (χ4n) is 2.57. The third-order valence-corrected chi connectivity index (χ3v) is 3.65. The standard InChI is InChI=1S/C16H22N2O4/c1-3-21-13-9-14(15(19)17-2)18(10-13)16(20)22-11-12-7-5-4-6-8-12/h4-8,13-14H,3,9-11H2,1-2H3,(H,17,19)/t13-,14+/m1/s1. The second kappa shape index (κ2) is 7.79. The quantitative estimate of drug-likeness (QED) is 0.896. The van der Waals surface area contributed by atoms with Crippen LogP contribution in [-0.2, 0) is 20.9 Å². The third kappa shape index (κ3) is 3.98. The topological polar surface area (TPSA) is 67.9 Å². The Kier molecular flexibility index (Phi) is 5.77. The molecule has 2 atom stereocenters. The number of ether oxygens (including phenoxy) is 2. The van der Waals surface area contributed by atoms with Crippen LogP contribution in [0.3, 0.4) is 0 Å². The molecule has 1 aliphatic heterocycles. The number of benzene rings is 1. The lowest BCUT2D eigenvalue weighted by Gasteiger charge is -2.22. The van der Waals surface area contributed by atoms with E-state index in [0.29, 0.717) is 19.6 Å². The number of nitrogens with zero attached hydrogens (tertiary/aromatic N) is 1. The van der Waals surface area contributed by atoms with Gasteiger partial charge >= 0.3 is 6.09 Å². The van der Waals surface area contributed by atoms with Crippen molar-refractivity contribution in [2.75, 3.05) is 20.2 Å². The molecule has 6 nitrogen and oxygen atoms in total. The summed E-state index contributed by atoms with van der Waals surface area (Å²) in [5, 5.41) is 2.58. The average Bonchev–Trinajstić information content (AvgIpc) is 2.97. The van der Waals surface area contributed by atoms with Gasteiger partial charge in [0.25, 0.3) is 0 Å². The van der Waals surface area contributed by atoms with E-state index in [2.05, 4.69) is 5.32 Å². The Morgan fingerprint density at radius 3 is 2.68 bits per heavy atom. The van der Waals surface area contributed by atoms with Crippen LogP contribution in [0.1, 0.15) is 18.9 Å². The summed E-state index contributed by atoms with van der Waals surface area (Å²) in [5.74, 6) is -0.195. The van der Waals surface area contributed by atoms with Gasteiger partial charge in [0.1, 0.15) is 12.6 Å². The van der Waals surface area contributed by atoms with E-state index in [4.69, 9.17) is 9.47 Å². The maximum absolute atomic E-state index is 12.3. The smallest absolute Gasteiger partial charge is 0.410 e. The predicted molar refractivity (Wildman–Crippen MR) is 81.2 cm³/mol. The van der Waals surface area contributed by atoms with Crippen LogP contribution in [0.5, 0.6) is 0 Å². The Balaban J connectivity index is 1.97. The lowest BCUT2D eigenvalue weighted by Crippen LogP contribution is -2.45. The van der Waals surface area contributed by atoms with Gasteiger partial charge in [0.05, 0.1) is 12.6 Å². The lowest BCUT2D eigenvalue weighted by atomic mass is 10.2. The normalized spacial score (nSPS) is 20.7. The van der Waals surface area contributed by atoms with Crippen LogP contribution in [0, 0.1) is 0 Å². The number of carbonyl (C=O) groups excluding carboxylic acids is 2. The highest BCUT2D eigenvalue weighted by Crippen LogP contribution is 2.22. The van der Waals surface area contributed by atoms with Gasteiger partial charge in [-0.1, -0.05) is 30.3 Å². The van der Waals surface area contributed by atoms with Crippen LogP contribution >= 0.6 is 0 Å². The van der Waals surface area contributed by atoms with Gasteiger partial charge in [0.2, 0.25) is 5.91 Å². The Hall–Kier alpha value is -2.08. The van der Waals surface area contributed by atoms with Gasteiger partial charge in [-0.3, -0.25) is 9.69 Å². The van der Waals surface area contributed by atoms with Crippen molar-refractivity contribution in [1.82, 2.24) is 10.2 Å². The number of amides is 2. The number of rotatable bonds is 5. The first-order valence-corrected chi connectivity index (χ1v) is 7.46. The van der Waals surface area contributed by atoms with Crippen LogP contribution in [0.4, 0.5) is 4.79 Å². The van der Waals surface area contributed by atoms with Crippen molar-refractivity contribution >= 4 is 12.0 Å². The van der Waals surface area contributed by atoms with E-state index in [1.165, 1.54) is 4.90 Å². The molecule has 1 heterocycles. The number of likely N-dealkylation sites (N-methyl/N-ethyl adjacent to an activating group) is 1. The highest BCUT2D eigenvalue weighted by Gasteiger charge is 2.40. The van der Waals surface area contributed by atoms with Crippen molar-refractivity contribution < 1.29 is 19.1 Å². The van der Waals surface area contributed by atoms with Crippen molar-refractivity contribution in [3.63, 3.8) is 0 Å². The van der Waals surface area contributed by atoms with Crippen LogP contribution in [0.2, 0.25) is 0 Å². The van der Waals surface area contributed by atoms with E-state index in [0.717, 1.165) is 5.56 Å². The van der Waals surface area contributed by atoms with Crippen LogP contribution in [0.25, 0.3) is 0 Å². The van der Waals surface area contributed by atoms with Crippen LogP contribution in [-0.4, -0.2) is 49.2 Å². The van der Waals surface area contributed by atoms with Gasteiger partial charge in [-0.2, -0.15) is 0 Å². The maximum atomic E-state index is 12.3. The Morgan fingerprint density at radius 1 is 1.32 bits per heavy atom.